The van der Waals surface area contributed by atoms with Crippen LogP contribution >= 0.6 is 0 Å². The monoisotopic (exact) mass is 236 g/mol. The lowest BCUT2D eigenvalue weighted by atomic mass is 10.1. The van der Waals surface area contributed by atoms with Crippen molar-refractivity contribution >= 4 is 6.29 Å². The summed E-state index contributed by atoms with van der Waals surface area (Å²) in [5, 5.41) is 9.65. The first kappa shape index (κ1) is 11.9. The molecule has 0 aliphatic carbocycles. The second kappa shape index (κ2) is 5.19. The zero-order valence-corrected chi connectivity index (χ0v) is 9.81. The molecule has 0 unspecified atom stereocenters. The predicted octanol–water partition coefficient (Wildman–Crippen LogP) is 2.42. The van der Waals surface area contributed by atoms with E-state index in [1.165, 1.54) is 6.07 Å². The van der Waals surface area contributed by atoms with Crippen LogP contribution in [0.25, 0.3) is 0 Å². The second-order valence-corrected chi connectivity index (χ2v) is 4.20. The van der Waals surface area contributed by atoms with Gasteiger partial charge in [0.05, 0.1) is 12.2 Å². The maximum atomic E-state index is 10.7. The van der Waals surface area contributed by atoms with Gasteiger partial charge < -0.3 is 14.6 Å². The number of hydrogen-bond acceptors (Lipinski definition) is 4. The summed E-state index contributed by atoms with van der Waals surface area (Å²) in [5.41, 5.74) is 1.01. The van der Waals surface area contributed by atoms with Crippen molar-refractivity contribution in [3.63, 3.8) is 0 Å². The highest BCUT2D eigenvalue weighted by molar-refractivity contribution is 5.81. The van der Waals surface area contributed by atoms with Gasteiger partial charge in [0.15, 0.2) is 12.6 Å². The maximum absolute atomic E-state index is 10.7. The van der Waals surface area contributed by atoms with Gasteiger partial charge in [-0.25, -0.2) is 0 Å². The number of phenolic OH excluding ortho intramolecular Hbond substituents is 1. The van der Waals surface area contributed by atoms with Crippen molar-refractivity contribution in [2.24, 2.45) is 0 Å². The van der Waals surface area contributed by atoms with Crippen LogP contribution in [0.1, 0.15) is 35.2 Å². The standard InChI is InChI=1S/C13H16O4/c1-9-6-10(7-12(15)11(9)8-14)17-13-4-2-3-5-16-13/h6-8,13,15H,2-5H2,1H3/t13-/m1/s1. The third-order valence-corrected chi connectivity index (χ3v) is 2.86. The normalized spacial score (nSPS) is 19.9. The molecule has 0 radical (unpaired) electrons. The molecule has 4 nitrogen and oxygen atoms in total. The maximum Gasteiger partial charge on any atom is 0.199 e. The lowest BCUT2D eigenvalue weighted by molar-refractivity contribution is -0.105. The van der Waals surface area contributed by atoms with Crippen LogP contribution in [0, 0.1) is 6.92 Å². The molecule has 1 atom stereocenters. The first-order valence-electron chi connectivity index (χ1n) is 5.78. The van der Waals surface area contributed by atoms with Crippen LogP contribution in [0.5, 0.6) is 11.5 Å². The second-order valence-electron chi connectivity index (χ2n) is 4.20. The largest absolute Gasteiger partial charge is 0.507 e. The van der Waals surface area contributed by atoms with E-state index >= 15 is 0 Å². The summed E-state index contributed by atoms with van der Waals surface area (Å²) in [6.07, 6.45) is 3.40. The van der Waals surface area contributed by atoms with Crippen molar-refractivity contribution in [3.8, 4) is 11.5 Å². The van der Waals surface area contributed by atoms with E-state index in [1.807, 2.05) is 0 Å². The Bertz CT molecular complexity index is 385. The molecule has 1 aromatic carbocycles. The zero-order valence-electron chi connectivity index (χ0n) is 9.81. The molecule has 1 aliphatic heterocycles. The van der Waals surface area contributed by atoms with E-state index in [-0.39, 0.29) is 12.0 Å². The average Bonchev–Trinajstić information content (AvgIpc) is 2.30. The lowest BCUT2D eigenvalue weighted by Gasteiger charge is -2.23. The molecule has 1 fully saturated rings. The highest BCUT2D eigenvalue weighted by Gasteiger charge is 2.16. The Labute approximate surface area is 100 Å². The van der Waals surface area contributed by atoms with E-state index in [0.717, 1.165) is 19.3 Å². The molecule has 1 aliphatic rings. The molecule has 0 aromatic heterocycles. The number of aryl methyl sites for hydroxylation is 1. The molecule has 17 heavy (non-hydrogen) atoms. The Balaban J connectivity index is 2.13. The average molecular weight is 236 g/mol. The van der Waals surface area contributed by atoms with Gasteiger partial charge in [-0.1, -0.05) is 0 Å². The van der Waals surface area contributed by atoms with Gasteiger partial charge in [-0.3, -0.25) is 4.79 Å². The van der Waals surface area contributed by atoms with E-state index in [1.54, 1.807) is 13.0 Å². The summed E-state index contributed by atoms with van der Waals surface area (Å²) in [5.74, 6) is 0.489. The lowest BCUT2D eigenvalue weighted by Crippen LogP contribution is -2.25. The molecule has 0 spiro atoms. The highest BCUT2D eigenvalue weighted by atomic mass is 16.7. The first-order valence-corrected chi connectivity index (χ1v) is 5.78. The smallest absolute Gasteiger partial charge is 0.199 e. The third kappa shape index (κ3) is 2.77. The fourth-order valence-electron chi connectivity index (χ4n) is 1.92. The van der Waals surface area contributed by atoms with Crippen LogP contribution in [0.2, 0.25) is 0 Å². The van der Waals surface area contributed by atoms with Crippen molar-refractivity contribution in [2.45, 2.75) is 32.5 Å². The summed E-state index contributed by atoms with van der Waals surface area (Å²) >= 11 is 0. The number of benzene rings is 1. The summed E-state index contributed by atoms with van der Waals surface area (Å²) in [6.45, 7) is 2.47. The fraction of sp³-hybridized carbons (Fsp3) is 0.462. The van der Waals surface area contributed by atoms with Crippen molar-refractivity contribution < 1.29 is 19.4 Å². The quantitative estimate of drug-likeness (QED) is 0.819. The SMILES string of the molecule is Cc1cc(O[C@@H]2CCCCO2)cc(O)c1C=O. The number of aromatic hydroxyl groups is 1. The molecule has 1 saturated heterocycles. The predicted molar refractivity (Wildman–Crippen MR) is 62.5 cm³/mol. The minimum atomic E-state index is -0.246. The summed E-state index contributed by atoms with van der Waals surface area (Å²) in [6, 6.07) is 3.19. The van der Waals surface area contributed by atoms with E-state index in [4.69, 9.17) is 9.47 Å². The minimum Gasteiger partial charge on any atom is -0.507 e. The van der Waals surface area contributed by atoms with Crippen LogP contribution in [0.15, 0.2) is 12.1 Å². The molecule has 1 aromatic rings. The van der Waals surface area contributed by atoms with Crippen LogP contribution < -0.4 is 4.74 Å². The van der Waals surface area contributed by atoms with Gasteiger partial charge in [0, 0.05) is 12.5 Å². The molecule has 1 N–H and O–H groups in total. The molecular formula is C13H16O4. The summed E-state index contributed by atoms with van der Waals surface area (Å²) in [4.78, 5) is 10.7. The molecule has 0 bridgehead atoms. The Hall–Kier alpha value is -1.55. The van der Waals surface area contributed by atoms with Crippen molar-refractivity contribution in [3.05, 3.63) is 23.3 Å². The summed E-state index contributed by atoms with van der Waals surface area (Å²) in [7, 11) is 0. The number of hydrogen-bond donors (Lipinski definition) is 1. The topological polar surface area (TPSA) is 55.8 Å². The van der Waals surface area contributed by atoms with Gasteiger partial charge in [0.2, 0.25) is 0 Å². The van der Waals surface area contributed by atoms with Gasteiger partial charge in [-0.2, -0.15) is 0 Å². The zero-order chi connectivity index (χ0) is 12.3. The number of carbonyl (C=O) groups excluding carboxylic acids is 1. The Morgan fingerprint density at radius 3 is 2.88 bits per heavy atom. The van der Waals surface area contributed by atoms with E-state index in [2.05, 4.69) is 0 Å². The Kier molecular flexibility index (Phi) is 3.64. The van der Waals surface area contributed by atoms with Crippen LogP contribution in [0.4, 0.5) is 0 Å². The third-order valence-electron chi connectivity index (χ3n) is 2.86. The Morgan fingerprint density at radius 2 is 2.29 bits per heavy atom. The molecule has 1 heterocycles. The van der Waals surface area contributed by atoms with Gasteiger partial charge in [0.25, 0.3) is 0 Å². The van der Waals surface area contributed by atoms with Crippen molar-refractivity contribution in [2.75, 3.05) is 6.61 Å². The van der Waals surface area contributed by atoms with Crippen LogP contribution in [-0.4, -0.2) is 24.3 Å². The Morgan fingerprint density at radius 1 is 1.47 bits per heavy atom. The molecule has 0 amide bonds. The van der Waals surface area contributed by atoms with Gasteiger partial charge in [-0.05, 0) is 31.4 Å². The van der Waals surface area contributed by atoms with Gasteiger partial charge in [-0.15, -0.1) is 0 Å². The molecule has 0 saturated carbocycles. The summed E-state index contributed by atoms with van der Waals surface area (Å²) < 4.78 is 11.1. The van der Waals surface area contributed by atoms with E-state index in [0.29, 0.717) is 29.8 Å². The van der Waals surface area contributed by atoms with E-state index < -0.39 is 0 Å². The number of ether oxygens (including phenoxy) is 2. The van der Waals surface area contributed by atoms with Crippen LogP contribution in [0.3, 0.4) is 0 Å². The first-order chi connectivity index (χ1) is 8.20. The highest BCUT2D eigenvalue weighted by Crippen LogP contribution is 2.28. The van der Waals surface area contributed by atoms with Gasteiger partial charge >= 0.3 is 0 Å². The fourth-order valence-corrected chi connectivity index (χ4v) is 1.92. The number of phenols is 1. The molecule has 2 rings (SSSR count). The van der Waals surface area contributed by atoms with E-state index in [9.17, 15) is 9.90 Å². The molecular weight excluding hydrogens is 220 g/mol. The molecule has 4 heteroatoms. The number of rotatable bonds is 3. The van der Waals surface area contributed by atoms with Crippen LogP contribution in [-0.2, 0) is 4.74 Å². The number of aldehydes is 1. The number of carbonyl (C=O) groups is 1. The van der Waals surface area contributed by atoms with Crippen molar-refractivity contribution in [1.82, 2.24) is 0 Å². The molecule has 92 valence electrons. The van der Waals surface area contributed by atoms with Gasteiger partial charge in [0.1, 0.15) is 11.5 Å². The van der Waals surface area contributed by atoms with Crippen molar-refractivity contribution in [1.29, 1.82) is 0 Å². The minimum absolute atomic E-state index is 0.0502.